The lowest BCUT2D eigenvalue weighted by Gasteiger charge is -2.08. The summed E-state index contributed by atoms with van der Waals surface area (Å²) in [6, 6.07) is 12.8. The number of aromatic hydroxyl groups is 1. The summed E-state index contributed by atoms with van der Waals surface area (Å²) in [5.74, 6) is 0.755. The van der Waals surface area contributed by atoms with Crippen LogP contribution in [0.1, 0.15) is 19.8 Å². The van der Waals surface area contributed by atoms with Crippen molar-refractivity contribution in [2.45, 2.75) is 19.8 Å². The number of nitrogens with zero attached hydrogens (tertiary/aromatic N) is 3. The van der Waals surface area contributed by atoms with Crippen molar-refractivity contribution in [3.8, 4) is 17.2 Å². The Bertz CT molecular complexity index is 719. The van der Waals surface area contributed by atoms with Gasteiger partial charge in [0, 0.05) is 6.07 Å². The minimum Gasteiger partial charge on any atom is -0.505 e. The lowest BCUT2D eigenvalue weighted by molar-refractivity contribution is 0.307. The fraction of sp³-hybridized carbons (Fsp3) is 0.250. The minimum atomic E-state index is 0.101. The Hall–Kier alpha value is -2.56. The molecule has 0 aliphatic heterocycles. The lowest BCUT2D eigenvalue weighted by Crippen LogP contribution is -2.00. The van der Waals surface area contributed by atoms with E-state index in [2.05, 4.69) is 17.1 Å². The Morgan fingerprint density at radius 2 is 1.81 bits per heavy atom. The van der Waals surface area contributed by atoms with E-state index >= 15 is 0 Å². The third-order valence-corrected chi connectivity index (χ3v) is 3.22. The van der Waals surface area contributed by atoms with Crippen molar-refractivity contribution in [1.29, 1.82) is 0 Å². The molecule has 1 N–H and O–H groups in total. The molecule has 108 valence electrons. The summed E-state index contributed by atoms with van der Waals surface area (Å²) in [4.78, 5) is 1.44. The number of fused-ring (bicyclic) bond motifs is 1. The number of benzene rings is 2. The molecule has 0 saturated carbocycles. The summed E-state index contributed by atoms with van der Waals surface area (Å²) in [6.07, 6.45) is 2.07. The Labute approximate surface area is 122 Å². The molecule has 0 bridgehead atoms. The van der Waals surface area contributed by atoms with E-state index in [1.54, 1.807) is 12.1 Å². The first-order chi connectivity index (χ1) is 10.3. The number of ether oxygens (including phenoxy) is 1. The second-order valence-corrected chi connectivity index (χ2v) is 4.83. The number of phenolic OH excluding ortho intramolecular Hbond substituents is 1. The van der Waals surface area contributed by atoms with Crippen LogP contribution in [0.15, 0.2) is 42.5 Å². The van der Waals surface area contributed by atoms with Crippen LogP contribution in [0.3, 0.4) is 0 Å². The first-order valence-electron chi connectivity index (χ1n) is 7.06. The molecule has 0 amide bonds. The van der Waals surface area contributed by atoms with Crippen LogP contribution in [0, 0.1) is 0 Å². The molecule has 1 heterocycles. The summed E-state index contributed by atoms with van der Waals surface area (Å²) in [6.45, 7) is 2.76. The monoisotopic (exact) mass is 283 g/mol. The average molecular weight is 283 g/mol. The summed E-state index contributed by atoms with van der Waals surface area (Å²) >= 11 is 0. The molecule has 0 aliphatic carbocycles. The molecule has 0 aliphatic rings. The average Bonchev–Trinajstić information content (AvgIpc) is 2.91. The zero-order valence-corrected chi connectivity index (χ0v) is 11.9. The zero-order chi connectivity index (χ0) is 14.7. The quantitative estimate of drug-likeness (QED) is 0.730. The van der Waals surface area contributed by atoms with Gasteiger partial charge >= 0.3 is 0 Å². The molecular weight excluding hydrogens is 266 g/mol. The Morgan fingerprint density at radius 3 is 2.43 bits per heavy atom. The number of hydrogen-bond acceptors (Lipinski definition) is 4. The maximum absolute atomic E-state index is 10.1. The van der Waals surface area contributed by atoms with Crippen LogP contribution >= 0.6 is 0 Å². The Balaban J connectivity index is 1.88. The molecule has 0 radical (unpaired) electrons. The van der Waals surface area contributed by atoms with E-state index in [0.29, 0.717) is 18.0 Å². The lowest BCUT2D eigenvalue weighted by atomic mass is 10.3. The molecule has 5 heteroatoms. The standard InChI is InChI=1S/C16H17N3O2/c1-2-3-10-21-12-8-9-15(16(20)11-12)19-17-13-6-4-5-7-14(13)18-19/h4-9,11,20H,2-3,10H2,1H3. The highest BCUT2D eigenvalue weighted by Gasteiger charge is 2.09. The molecule has 0 atom stereocenters. The molecule has 0 fully saturated rings. The van der Waals surface area contributed by atoms with Gasteiger partial charge in [0.05, 0.1) is 6.61 Å². The van der Waals surface area contributed by atoms with Gasteiger partial charge in [-0.05, 0) is 30.7 Å². The number of rotatable bonds is 5. The fourth-order valence-corrected chi connectivity index (χ4v) is 2.06. The number of phenols is 1. The highest BCUT2D eigenvalue weighted by Crippen LogP contribution is 2.26. The molecule has 0 saturated heterocycles. The SMILES string of the molecule is CCCCOc1ccc(-n2nc3ccccc3n2)c(O)c1. The maximum atomic E-state index is 10.1. The van der Waals surface area contributed by atoms with Crippen LogP contribution in [0.2, 0.25) is 0 Å². The topological polar surface area (TPSA) is 60.2 Å². The molecule has 0 spiro atoms. The highest BCUT2D eigenvalue weighted by molar-refractivity contribution is 5.73. The van der Waals surface area contributed by atoms with Gasteiger partial charge in [-0.25, -0.2) is 0 Å². The molecule has 21 heavy (non-hydrogen) atoms. The van der Waals surface area contributed by atoms with Gasteiger partial charge in [-0.15, -0.1) is 15.0 Å². The first-order valence-corrected chi connectivity index (χ1v) is 7.06. The summed E-state index contributed by atoms with van der Waals surface area (Å²) in [5, 5.41) is 18.9. The van der Waals surface area contributed by atoms with Gasteiger partial charge in [-0.1, -0.05) is 25.5 Å². The van der Waals surface area contributed by atoms with E-state index < -0.39 is 0 Å². The summed E-state index contributed by atoms with van der Waals surface area (Å²) in [5.41, 5.74) is 2.12. The van der Waals surface area contributed by atoms with Gasteiger partial charge in [-0.3, -0.25) is 0 Å². The highest BCUT2D eigenvalue weighted by atomic mass is 16.5. The molecule has 0 unspecified atom stereocenters. The Kier molecular flexibility index (Phi) is 3.73. The van der Waals surface area contributed by atoms with Crippen molar-refractivity contribution in [1.82, 2.24) is 15.0 Å². The van der Waals surface area contributed by atoms with Gasteiger partial charge in [-0.2, -0.15) is 0 Å². The number of aromatic nitrogens is 3. The normalized spacial score (nSPS) is 10.9. The zero-order valence-electron chi connectivity index (χ0n) is 11.9. The van der Waals surface area contributed by atoms with E-state index in [1.165, 1.54) is 4.80 Å². The third-order valence-electron chi connectivity index (χ3n) is 3.22. The number of hydrogen-bond donors (Lipinski definition) is 1. The largest absolute Gasteiger partial charge is 0.505 e. The van der Waals surface area contributed by atoms with Gasteiger partial charge in [0.1, 0.15) is 28.2 Å². The van der Waals surface area contributed by atoms with E-state index in [0.717, 1.165) is 23.9 Å². The Morgan fingerprint density at radius 1 is 1.10 bits per heavy atom. The summed E-state index contributed by atoms with van der Waals surface area (Å²) < 4.78 is 5.57. The smallest absolute Gasteiger partial charge is 0.146 e. The van der Waals surface area contributed by atoms with Crippen molar-refractivity contribution in [2.24, 2.45) is 0 Å². The first kappa shape index (κ1) is 13.4. The van der Waals surface area contributed by atoms with Gasteiger partial charge in [0.2, 0.25) is 0 Å². The maximum Gasteiger partial charge on any atom is 0.146 e. The molecular formula is C16H17N3O2. The number of unbranched alkanes of at least 4 members (excludes halogenated alkanes) is 1. The van der Waals surface area contributed by atoms with Gasteiger partial charge in [0.15, 0.2) is 0 Å². The molecule has 3 aromatic rings. The second-order valence-electron chi connectivity index (χ2n) is 4.83. The van der Waals surface area contributed by atoms with Crippen LogP contribution in [0.5, 0.6) is 11.5 Å². The van der Waals surface area contributed by atoms with Crippen molar-refractivity contribution in [2.75, 3.05) is 6.61 Å². The van der Waals surface area contributed by atoms with Crippen molar-refractivity contribution in [3.05, 3.63) is 42.5 Å². The van der Waals surface area contributed by atoms with E-state index in [1.807, 2.05) is 30.3 Å². The fourth-order valence-electron chi connectivity index (χ4n) is 2.06. The van der Waals surface area contributed by atoms with Gasteiger partial charge < -0.3 is 9.84 Å². The van der Waals surface area contributed by atoms with Crippen LogP contribution in [-0.2, 0) is 0 Å². The molecule has 5 nitrogen and oxygen atoms in total. The van der Waals surface area contributed by atoms with Crippen molar-refractivity contribution < 1.29 is 9.84 Å². The molecule has 3 rings (SSSR count). The van der Waals surface area contributed by atoms with Crippen LogP contribution in [0.4, 0.5) is 0 Å². The van der Waals surface area contributed by atoms with Gasteiger partial charge in [0.25, 0.3) is 0 Å². The second kappa shape index (κ2) is 5.83. The molecule has 1 aromatic heterocycles. The predicted molar refractivity (Wildman–Crippen MR) is 80.9 cm³/mol. The van der Waals surface area contributed by atoms with Crippen molar-refractivity contribution >= 4 is 11.0 Å². The molecule has 2 aromatic carbocycles. The minimum absolute atomic E-state index is 0.101. The van der Waals surface area contributed by atoms with E-state index in [9.17, 15) is 5.11 Å². The van der Waals surface area contributed by atoms with Crippen LogP contribution in [0.25, 0.3) is 16.7 Å². The van der Waals surface area contributed by atoms with Crippen LogP contribution in [-0.4, -0.2) is 26.7 Å². The third kappa shape index (κ3) is 2.81. The predicted octanol–water partition coefficient (Wildman–Crippen LogP) is 3.31. The van der Waals surface area contributed by atoms with E-state index in [-0.39, 0.29) is 5.75 Å². The van der Waals surface area contributed by atoms with Crippen molar-refractivity contribution in [3.63, 3.8) is 0 Å². The van der Waals surface area contributed by atoms with E-state index in [4.69, 9.17) is 4.74 Å². The van der Waals surface area contributed by atoms with Crippen LogP contribution < -0.4 is 4.74 Å². The summed E-state index contributed by atoms with van der Waals surface area (Å²) in [7, 11) is 0.